The molecule has 0 aliphatic carbocycles. The fraction of sp³-hybridized carbons (Fsp3) is 0.699. The molecule has 0 aromatic rings. The Morgan fingerprint density at radius 3 is 0.846 bits per heavy atom. The number of carbonyl (C=O) groups is 2. The number of aliphatic hydroxyl groups excluding tert-OH is 1. The zero-order chi connectivity index (χ0) is 56.2. The highest BCUT2D eigenvalue weighted by Crippen LogP contribution is 2.17. The van der Waals surface area contributed by atoms with Gasteiger partial charge in [0, 0.05) is 12.8 Å². The Hall–Kier alpha value is -3.70. The summed E-state index contributed by atoms with van der Waals surface area (Å²) < 4.78 is 10.7. The van der Waals surface area contributed by atoms with Crippen molar-refractivity contribution in [1.29, 1.82) is 0 Å². The molecule has 0 amide bonds. The molecule has 0 aliphatic rings. The Balaban J connectivity index is 3.53. The average Bonchev–Trinajstić information content (AvgIpc) is 3.44. The maximum absolute atomic E-state index is 12.4. The Bertz CT molecular complexity index is 1550. The fourth-order valence-electron chi connectivity index (χ4n) is 9.31. The van der Waals surface area contributed by atoms with E-state index in [1.807, 2.05) is 0 Å². The van der Waals surface area contributed by atoms with Crippen LogP contribution in [0.5, 0.6) is 0 Å². The molecule has 0 rings (SSSR count). The predicted molar refractivity (Wildman–Crippen MR) is 343 cm³/mol. The van der Waals surface area contributed by atoms with Gasteiger partial charge < -0.3 is 14.6 Å². The number of aliphatic hydroxyl groups is 1. The van der Waals surface area contributed by atoms with Crippen molar-refractivity contribution in [2.75, 3.05) is 13.2 Å². The van der Waals surface area contributed by atoms with E-state index in [1.54, 1.807) is 0 Å². The fourth-order valence-corrected chi connectivity index (χ4v) is 9.31. The van der Waals surface area contributed by atoms with Gasteiger partial charge in [-0.25, -0.2) is 0 Å². The van der Waals surface area contributed by atoms with Crippen LogP contribution in [-0.2, 0) is 19.1 Å². The second kappa shape index (κ2) is 67.6. The molecule has 0 aromatic carbocycles. The first-order valence-electron chi connectivity index (χ1n) is 33.1. The Morgan fingerprint density at radius 1 is 0.308 bits per heavy atom. The summed E-state index contributed by atoms with van der Waals surface area (Å²) in [6.07, 6.45) is 99.2. The van der Waals surface area contributed by atoms with Crippen LogP contribution in [0.4, 0.5) is 0 Å². The van der Waals surface area contributed by atoms with Crippen LogP contribution in [0.1, 0.15) is 309 Å². The van der Waals surface area contributed by atoms with E-state index < -0.39 is 6.10 Å². The first-order valence-corrected chi connectivity index (χ1v) is 33.1. The van der Waals surface area contributed by atoms with E-state index in [0.717, 1.165) is 103 Å². The van der Waals surface area contributed by atoms with Crippen molar-refractivity contribution in [3.05, 3.63) is 122 Å². The van der Waals surface area contributed by atoms with Gasteiger partial charge in [0.05, 0.1) is 6.61 Å². The lowest BCUT2D eigenvalue weighted by Gasteiger charge is -2.15. The molecule has 0 aromatic heterocycles. The van der Waals surface area contributed by atoms with Gasteiger partial charge in [0.1, 0.15) is 6.61 Å². The van der Waals surface area contributed by atoms with Crippen LogP contribution < -0.4 is 0 Å². The lowest BCUT2D eigenvalue weighted by Crippen LogP contribution is -2.28. The molecule has 1 N–H and O–H groups in total. The summed E-state index contributed by atoms with van der Waals surface area (Å²) in [6.45, 7) is 4.05. The minimum absolute atomic E-state index is 0.0717. The average molecular weight is 1080 g/mol. The van der Waals surface area contributed by atoms with E-state index in [2.05, 4.69) is 135 Å². The molecule has 0 radical (unpaired) electrons. The van der Waals surface area contributed by atoms with Crippen molar-refractivity contribution in [2.24, 2.45) is 0 Å². The molecule has 0 aliphatic heterocycles. The third-order valence-electron chi connectivity index (χ3n) is 14.2. The quantitative estimate of drug-likeness (QED) is 0.0373. The Morgan fingerprint density at radius 2 is 0.551 bits per heavy atom. The first kappa shape index (κ1) is 74.3. The number of carbonyl (C=O) groups excluding carboxylic acids is 2. The van der Waals surface area contributed by atoms with E-state index in [0.29, 0.717) is 12.8 Å². The summed E-state index contributed by atoms with van der Waals surface area (Å²) >= 11 is 0. The van der Waals surface area contributed by atoms with Crippen LogP contribution in [-0.4, -0.2) is 36.4 Å². The lowest BCUT2D eigenvalue weighted by molar-refractivity contribution is -0.161. The predicted octanol–water partition coefficient (Wildman–Crippen LogP) is 23.0. The van der Waals surface area contributed by atoms with Crippen LogP contribution in [0.2, 0.25) is 0 Å². The number of hydrogen-bond donors (Lipinski definition) is 1. The molecule has 0 fully saturated rings. The maximum atomic E-state index is 12.4. The van der Waals surface area contributed by atoms with Crippen molar-refractivity contribution in [1.82, 2.24) is 0 Å². The summed E-state index contributed by atoms with van der Waals surface area (Å²) in [4.78, 5) is 24.6. The zero-order valence-electron chi connectivity index (χ0n) is 51.1. The number of rotatable bonds is 60. The van der Waals surface area contributed by atoms with Crippen LogP contribution in [0.15, 0.2) is 122 Å². The molecule has 0 saturated heterocycles. The van der Waals surface area contributed by atoms with Gasteiger partial charge in [-0.2, -0.15) is 0 Å². The van der Waals surface area contributed by atoms with E-state index in [4.69, 9.17) is 9.47 Å². The molecule has 0 heterocycles. The van der Waals surface area contributed by atoms with Gasteiger partial charge >= 0.3 is 11.9 Å². The van der Waals surface area contributed by atoms with Crippen molar-refractivity contribution in [2.45, 2.75) is 315 Å². The molecular formula is C73H124O5. The highest BCUT2D eigenvalue weighted by Gasteiger charge is 2.16. The maximum Gasteiger partial charge on any atom is 0.306 e. The van der Waals surface area contributed by atoms with E-state index >= 15 is 0 Å². The van der Waals surface area contributed by atoms with Gasteiger partial charge in [-0.05, 0) is 109 Å². The molecule has 1 unspecified atom stereocenters. The summed E-state index contributed by atoms with van der Waals surface area (Å²) in [5, 5.41) is 9.69. The van der Waals surface area contributed by atoms with Gasteiger partial charge in [0.2, 0.25) is 0 Å². The van der Waals surface area contributed by atoms with E-state index in [9.17, 15) is 14.7 Å². The minimum Gasteiger partial charge on any atom is -0.462 e. The number of esters is 2. The van der Waals surface area contributed by atoms with Crippen LogP contribution in [0.3, 0.4) is 0 Å². The van der Waals surface area contributed by atoms with Crippen molar-refractivity contribution < 1.29 is 24.2 Å². The molecular weight excluding hydrogens is 957 g/mol. The molecule has 5 nitrogen and oxygen atoms in total. The summed E-state index contributed by atoms with van der Waals surface area (Å²) in [7, 11) is 0. The number of hydrogen-bond acceptors (Lipinski definition) is 5. The minimum atomic E-state index is -0.783. The standard InChI is InChI=1S/C73H124O5/c1-3-5-7-9-11-13-15-17-19-21-23-25-27-29-31-32-33-34-35-36-37-38-39-40-42-44-46-48-50-52-54-56-58-60-62-64-66-68-73(76)78-71(69-74)70-77-72(75)67-65-63-61-59-57-55-53-51-49-47-45-43-41-30-28-26-24-22-20-18-16-14-12-10-8-6-4-2/h5,7,11,13,17,19,22-25,29,31,33-34,36-37,39-40,44,46,71,74H,3-4,6,8-10,12,14-16,18,20-21,26-28,30,32,35,38,41-43,45,47-70H2,1-2H3/b7-5-,13-11-,19-17-,24-22-,25-23-,31-29-,34-33-,37-36-,40-39-,46-44-. The first-order chi connectivity index (χ1) is 38.6. The SMILES string of the molecule is CC/C=C\C/C=C\C/C=C\C/C=C\C/C=C\C/C=C\C/C=C\C/C=C\C/C=C\CCCCCCCCCCCC(=O)OC(CO)COC(=O)CCCCCCCCCCCCCCCCC/C=C\CCCCCCCCCC. The molecule has 446 valence electrons. The second-order valence-corrected chi connectivity index (χ2v) is 21.8. The van der Waals surface area contributed by atoms with Gasteiger partial charge in [0.25, 0.3) is 0 Å². The van der Waals surface area contributed by atoms with Gasteiger partial charge in [-0.15, -0.1) is 0 Å². The van der Waals surface area contributed by atoms with Crippen molar-refractivity contribution >= 4 is 11.9 Å². The third kappa shape index (κ3) is 64.8. The number of allylic oxidation sites excluding steroid dienone is 20. The zero-order valence-corrected chi connectivity index (χ0v) is 51.1. The molecule has 5 heteroatoms. The summed E-state index contributed by atoms with van der Waals surface area (Å²) in [6, 6.07) is 0. The van der Waals surface area contributed by atoms with Crippen molar-refractivity contribution in [3.63, 3.8) is 0 Å². The summed E-state index contributed by atoms with van der Waals surface area (Å²) in [5.41, 5.74) is 0. The Labute approximate surface area is 483 Å². The number of ether oxygens (including phenoxy) is 2. The van der Waals surface area contributed by atoms with Crippen LogP contribution in [0, 0.1) is 0 Å². The Kier molecular flexibility index (Phi) is 64.4. The molecule has 0 bridgehead atoms. The highest BCUT2D eigenvalue weighted by atomic mass is 16.6. The van der Waals surface area contributed by atoms with Crippen LogP contribution >= 0.6 is 0 Å². The molecule has 1 atom stereocenters. The molecule has 0 spiro atoms. The topological polar surface area (TPSA) is 72.8 Å². The lowest BCUT2D eigenvalue weighted by atomic mass is 10.0. The van der Waals surface area contributed by atoms with Gasteiger partial charge in [-0.1, -0.05) is 309 Å². The van der Waals surface area contributed by atoms with Crippen molar-refractivity contribution in [3.8, 4) is 0 Å². The normalized spacial score (nSPS) is 13.0. The smallest absolute Gasteiger partial charge is 0.306 e. The van der Waals surface area contributed by atoms with Gasteiger partial charge in [-0.3, -0.25) is 9.59 Å². The molecule has 0 saturated carbocycles. The third-order valence-corrected chi connectivity index (χ3v) is 14.2. The van der Waals surface area contributed by atoms with E-state index in [1.165, 1.54) is 180 Å². The van der Waals surface area contributed by atoms with E-state index in [-0.39, 0.29) is 25.2 Å². The van der Waals surface area contributed by atoms with Crippen LogP contribution in [0.25, 0.3) is 0 Å². The highest BCUT2D eigenvalue weighted by molar-refractivity contribution is 5.70. The summed E-state index contributed by atoms with van der Waals surface area (Å²) in [5.74, 6) is -0.593. The monoisotopic (exact) mass is 1080 g/mol. The largest absolute Gasteiger partial charge is 0.462 e. The molecule has 78 heavy (non-hydrogen) atoms. The second-order valence-electron chi connectivity index (χ2n) is 21.8. The number of unbranched alkanes of at least 4 members (excludes halogenated alkanes) is 32. The van der Waals surface area contributed by atoms with Gasteiger partial charge in [0.15, 0.2) is 6.10 Å².